The van der Waals surface area contributed by atoms with E-state index in [0.29, 0.717) is 22.3 Å². The maximum atomic E-state index is 12.7. The molecule has 170 valence electrons. The van der Waals surface area contributed by atoms with Crippen molar-refractivity contribution in [3.63, 3.8) is 0 Å². The van der Waals surface area contributed by atoms with Gasteiger partial charge in [-0.3, -0.25) is 14.3 Å². The summed E-state index contributed by atoms with van der Waals surface area (Å²) >= 11 is 5.96. The minimum Gasteiger partial charge on any atom is -0.485 e. The summed E-state index contributed by atoms with van der Waals surface area (Å²) in [6.07, 6.45) is 2.92. The molecular weight excluding hydrogens is 448 g/mol. The van der Waals surface area contributed by atoms with E-state index >= 15 is 0 Å². The smallest absolute Gasteiger partial charge is 0.291 e. The van der Waals surface area contributed by atoms with E-state index in [0.717, 1.165) is 5.56 Å². The lowest BCUT2D eigenvalue weighted by Crippen LogP contribution is -2.26. The second-order valence-corrected chi connectivity index (χ2v) is 7.65. The number of hydrogen-bond donors (Lipinski definition) is 2. The Hall–Kier alpha value is -3.98. The highest BCUT2D eigenvalue weighted by atomic mass is 35.5. The van der Waals surface area contributed by atoms with Crippen LogP contribution in [0.4, 0.5) is 5.69 Å². The predicted molar refractivity (Wildman–Crippen MR) is 120 cm³/mol. The number of benzene rings is 1. The monoisotopic (exact) mass is 468 g/mol. The van der Waals surface area contributed by atoms with Crippen LogP contribution in [0.3, 0.4) is 0 Å². The van der Waals surface area contributed by atoms with Crippen LogP contribution in [-0.4, -0.2) is 21.6 Å². The highest BCUT2D eigenvalue weighted by Crippen LogP contribution is 2.23. The molecule has 33 heavy (non-hydrogen) atoms. The molecule has 0 spiro atoms. The highest BCUT2D eigenvalue weighted by Gasteiger charge is 2.21. The molecule has 3 heterocycles. The van der Waals surface area contributed by atoms with Crippen LogP contribution in [0.1, 0.15) is 38.1 Å². The van der Waals surface area contributed by atoms with Crippen LogP contribution in [0.5, 0.6) is 5.75 Å². The van der Waals surface area contributed by atoms with Crippen molar-refractivity contribution in [3.8, 4) is 5.75 Å². The van der Waals surface area contributed by atoms with Gasteiger partial charge in [0, 0.05) is 12.1 Å². The van der Waals surface area contributed by atoms with Gasteiger partial charge in [-0.2, -0.15) is 5.10 Å². The first kappa shape index (κ1) is 22.2. The minimum absolute atomic E-state index is 0.0761. The van der Waals surface area contributed by atoms with E-state index in [9.17, 15) is 9.59 Å². The fourth-order valence-corrected chi connectivity index (χ4v) is 3.37. The molecule has 1 aromatic carbocycles. The van der Waals surface area contributed by atoms with Crippen LogP contribution >= 0.6 is 11.6 Å². The van der Waals surface area contributed by atoms with Gasteiger partial charge in [0.25, 0.3) is 11.8 Å². The SMILES string of the molecule is Cc1cc(Cl)ccc1OCc1ccc(C(=O)Nc2cnn(C)c2C(=O)NCc2ccco2)o1. The molecule has 0 unspecified atom stereocenters. The first-order chi connectivity index (χ1) is 15.9. The van der Waals surface area contributed by atoms with Crippen molar-refractivity contribution in [2.24, 2.45) is 7.05 Å². The topological polar surface area (TPSA) is 112 Å². The van der Waals surface area contributed by atoms with E-state index in [2.05, 4.69) is 15.7 Å². The molecule has 4 rings (SSSR count). The van der Waals surface area contributed by atoms with Crippen molar-refractivity contribution in [2.75, 3.05) is 5.32 Å². The highest BCUT2D eigenvalue weighted by molar-refractivity contribution is 6.30. The number of amides is 2. The number of nitrogens with zero attached hydrogens (tertiary/aromatic N) is 2. The standard InChI is InChI=1S/C23H21ClN4O5/c1-14-10-15(24)5-7-19(14)32-13-17-6-8-20(33-17)22(29)27-18-12-26-28(2)21(18)23(30)25-11-16-4-3-9-31-16/h3-10,12H,11,13H2,1-2H3,(H,25,30)(H,27,29). The molecule has 0 radical (unpaired) electrons. The second-order valence-electron chi connectivity index (χ2n) is 7.21. The molecule has 0 atom stereocenters. The molecule has 0 aliphatic carbocycles. The average Bonchev–Trinajstić information content (AvgIpc) is 3.53. The number of anilines is 1. The molecule has 0 fully saturated rings. The Kier molecular flexibility index (Phi) is 6.50. The van der Waals surface area contributed by atoms with Gasteiger partial charge in [-0.05, 0) is 55.0 Å². The van der Waals surface area contributed by atoms with Crippen LogP contribution in [0.15, 0.2) is 63.8 Å². The molecule has 10 heteroatoms. The number of furan rings is 2. The second kappa shape index (κ2) is 9.66. The molecule has 0 saturated heterocycles. The van der Waals surface area contributed by atoms with Crippen molar-refractivity contribution < 1.29 is 23.2 Å². The zero-order valence-corrected chi connectivity index (χ0v) is 18.7. The molecule has 0 bridgehead atoms. The van der Waals surface area contributed by atoms with E-state index in [4.69, 9.17) is 25.2 Å². The fourth-order valence-electron chi connectivity index (χ4n) is 3.15. The van der Waals surface area contributed by atoms with Crippen molar-refractivity contribution in [1.29, 1.82) is 0 Å². The number of halogens is 1. The maximum Gasteiger partial charge on any atom is 0.291 e. The summed E-state index contributed by atoms with van der Waals surface area (Å²) in [7, 11) is 1.61. The third-order valence-electron chi connectivity index (χ3n) is 4.80. The van der Waals surface area contributed by atoms with Crippen LogP contribution in [0.2, 0.25) is 5.02 Å². The van der Waals surface area contributed by atoms with Crippen molar-refractivity contribution in [1.82, 2.24) is 15.1 Å². The molecule has 2 N–H and O–H groups in total. The minimum atomic E-state index is -0.517. The van der Waals surface area contributed by atoms with E-state index in [-0.39, 0.29) is 30.3 Å². The number of aromatic nitrogens is 2. The number of hydrogen-bond acceptors (Lipinski definition) is 6. The van der Waals surface area contributed by atoms with Gasteiger partial charge < -0.3 is 24.2 Å². The van der Waals surface area contributed by atoms with Gasteiger partial charge in [0.2, 0.25) is 0 Å². The largest absolute Gasteiger partial charge is 0.485 e. The van der Waals surface area contributed by atoms with E-state index in [1.807, 2.05) is 6.92 Å². The first-order valence-corrected chi connectivity index (χ1v) is 10.4. The summed E-state index contributed by atoms with van der Waals surface area (Å²) in [6.45, 7) is 2.24. The van der Waals surface area contributed by atoms with E-state index < -0.39 is 11.8 Å². The quantitative estimate of drug-likeness (QED) is 0.398. The van der Waals surface area contributed by atoms with Crippen molar-refractivity contribution >= 4 is 29.1 Å². The van der Waals surface area contributed by atoms with Gasteiger partial charge in [-0.1, -0.05) is 11.6 Å². The van der Waals surface area contributed by atoms with Gasteiger partial charge in [-0.25, -0.2) is 0 Å². The van der Waals surface area contributed by atoms with E-state index in [1.165, 1.54) is 23.2 Å². The van der Waals surface area contributed by atoms with Crippen LogP contribution in [0.25, 0.3) is 0 Å². The van der Waals surface area contributed by atoms with Crippen molar-refractivity contribution in [2.45, 2.75) is 20.1 Å². The number of carbonyl (C=O) groups is 2. The number of carbonyl (C=O) groups excluding carboxylic acids is 2. The lowest BCUT2D eigenvalue weighted by atomic mass is 10.2. The third-order valence-corrected chi connectivity index (χ3v) is 5.03. The maximum absolute atomic E-state index is 12.7. The summed E-state index contributed by atoms with van der Waals surface area (Å²) in [4.78, 5) is 25.3. The summed E-state index contributed by atoms with van der Waals surface area (Å²) < 4.78 is 17.9. The van der Waals surface area contributed by atoms with Crippen LogP contribution < -0.4 is 15.4 Å². The Balaban J connectivity index is 1.39. The number of aryl methyl sites for hydroxylation is 2. The predicted octanol–water partition coefficient (Wildman–Crippen LogP) is 4.33. The molecule has 4 aromatic rings. The lowest BCUT2D eigenvalue weighted by Gasteiger charge is -2.08. The van der Waals surface area contributed by atoms with Crippen molar-refractivity contribution in [3.05, 3.63) is 88.5 Å². The Labute approximate surface area is 194 Å². The normalized spacial score (nSPS) is 10.8. The summed E-state index contributed by atoms with van der Waals surface area (Å²) in [5.41, 5.74) is 1.34. The molecule has 9 nitrogen and oxygen atoms in total. The van der Waals surface area contributed by atoms with Gasteiger partial charge in [0.15, 0.2) is 5.76 Å². The Morgan fingerprint density at radius 1 is 1.15 bits per heavy atom. The Bertz CT molecular complexity index is 1280. The number of rotatable bonds is 8. The molecule has 0 aliphatic heterocycles. The Morgan fingerprint density at radius 2 is 2.00 bits per heavy atom. The fraction of sp³-hybridized carbons (Fsp3) is 0.174. The zero-order valence-electron chi connectivity index (χ0n) is 17.9. The molecular formula is C23H21ClN4O5. The Morgan fingerprint density at radius 3 is 2.76 bits per heavy atom. The third kappa shape index (κ3) is 5.27. The summed E-state index contributed by atoms with van der Waals surface area (Å²) in [5, 5.41) is 10.1. The summed E-state index contributed by atoms with van der Waals surface area (Å²) in [5.74, 6) is 0.896. The van der Waals surface area contributed by atoms with Gasteiger partial charge in [0.1, 0.15) is 29.6 Å². The van der Waals surface area contributed by atoms with Gasteiger partial charge in [-0.15, -0.1) is 0 Å². The summed E-state index contributed by atoms with van der Waals surface area (Å²) in [6, 6.07) is 12.0. The molecule has 0 aliphatic rings. The zero-order chi connectivity index (χ0) is 23.4. The van der Waals surface area contributed by atoms with Gasteiger partial charge >= 0.3 is 0 Å². The molecule has 3 aromatic heterocycles. The lowest BCUT2D eigenvalue weighted by molar-refractivity contribution is 0.0939. The first-order valence-electron chi connectivity index (χ1n) is 10.0. The molecule has 2 amide bonds. The average molecular weight is 469 g/mol. The molecule has 0 saturated carbocycles. The van der Waals surface area contributed by atoms with Gasteiger partial charge in [0.05, 0.1) is 24.7 Å². The van der Waals surface area contributed by atoms with Crippen LogP contribution in [-0.2, 0) is 20.2 Å². The number of ether oxygens (including phenoxy) is 1. The van der Waals surface area contributed by atoms with Crippen LogP contribution in [0, 0.1) is 6.92 Å². The number of nitrogens with one attached hydrogen (secondary N) is 2. The van der Waals surface area contributed by atoms with E-state index in [1.54, 1.807) is 43.4 Å².